The number of hydrogen-bond acceptors (Lipinski definition) is 5. The highest BCUT2D eigenvalue weighted by molar-refractivity contribution is 7.90. The molecule has 2 aromatic rings. The highest BCUT2D eigenvalue weighted by atomic mass is 32.2. The summed E-state index contributed by atoms with van der Waals surface area (Å²) in [6.07, 6.45) is 0.412. The number of fused-ring (bicyclic) bond motifs is 1. The van der Waals surface area contributed by atoms with Gasteiger partial charge >= 0.3 is 6.18 Å². The molecule has 0 aromatic carbocycles. The molecule has 2 heterocycles. The fourth-order valence-electron chi connectivity index (χ4n) is 3.36. The minimum absolute atomic E-state index is 0.0667. The number of nitrogens with one attached hydrogen (secondary N) is 2. The van der Waals surface area contributed by atoms with Gasteiger partial charge < -0.3 is 9.88 Å². The van der Waals surface area contributed by atoms with Crippen LogP contribution >= 0.6 is 0 Å². The molecule has 144 valence electrons. The van der Waals surface area contributed by atoms with E-state index in [0.717, 1.165) is 16.9 Å². The lowest BCUT2D eigenvalue weighted by Gasteiger charge is -2.35. The lowest BCUT2D eigenvalue weighted by Crippen LogP contribution is -2.44. The molecule has 0 bridgehead atoms. The molecule has 0 radical (unpaired) electrons. The second-order valence-corrected chi connectivity index (χ2v) is 8.51. The van der Waals surface area contributed by atoms with Crippen LogP contribution in [0.1, 0.15) is 25.7 Å². The number of alkyl halides is 3. The van der Waals surface area contributed by atoms with Gasteiger partial charge in [0, 0.05) is 19.3 Å². The highest BCUT2D eigenvalue weighted by Gasteiger charge is 2.36. The monoisotopic (exact) mass is 391 g/mol. The maximum atomic E-state index is 12.3. The summed E-state index contributed by atoms with van der Waals surface area (Å²) in [6, 6.07) is 1.94. The number of sulfonamides is 1. The van der Waals surface area contributed by atoms with Gasteiger partial charge in [-0.2, -0.15) is 13.2 Å². The third-order valence-electron chi connectivity index (χ3n) is 4.77. The van der Waals surface area contributed by atoms with Crippen molar-refractivity contribution in [2.75, 3.05) is 18.5 Å². The molecule has 0 spiro atoms. The largest absolute Gasteiger partial charge is 0.402 e. The van der Waals surface area contributed by atoms with Gasteiger partial charge in [-0.25, -0.2) is 23.1 Å². The first-order chi connectivity index (χ1) is 12.2. The average Bonchev–Trinajstić information content (AvgIpc) is 3.08. The predicted octanol–water partition coefficient (Wildman–Crippen LogP) is 2.19. The summed E-state index contributed by atoms with van der Waals surface area (Å²) < 4.78 is 62.6. The van der Waals surface area contributed by atoms with E-state index in [-0.39, 0.29) is 6.04 Å². The molecule has 11 heteroatoms. The van der Waals surface area contributed by atoms with Crippen LogP contribution in [-0.2, 0) is 10.0 Å². The summed E-state index contributed by atoms with van der Waals surface area (Å²) in [7, 11) is -2.09. The number of hydrogen-bond donors (Lipinski definition) is 2. The van der Waals surface area contributed by atoms with Gasteiger partial charge in [0.2, 0.25) is 10.0 Å². The molecule has 0 atom stereocenters. The molecule has 7 nitrogen and oxygen atoms in total. The number of H-pyrrole nitrogens is 1. The van der Waals surface area contributed by atoms with Gasteiger partial charge in [-0.15, -0.1) is 0 Å². The van der Waals surface area contributed by atoms with Crippen LogP contribution in [0.15, 0.2) is 18.6 Å². The molecule has 1 aliphatic rings. The lowest BCUT2D eigenvalue weighted by atomic mass is 9.94. The molecular weight excluding hydrogens is 371 g/mol. The summed E-state index contributed by atoms with van der Waals surface area (Å²) >= 11 is 0. The third-order valence-corrected chi connectivity index (χ3v) is 6.67. The summed E-state index contributed by atoms with van der Waals surface area (Å²) in [6.45, 7) is -1.53. The second kappa shape index (κ2) is 7.03. The van der Waals surface area contributed by atoms with Crippen molar-refractivity contribution in [3.63, 3.8) is 0 Å². The fourth-order valence-corrected chi connectivity index (χ4v) is 4.85. The SMILES string of the molecule is CN(c1ncnc2[nH]ccc12)C1CCC(S(=O)(=O)NCC(F)(F)F)CC1. The van der Waals surface area contributed by atoms with Crippen LogP contribution in [0.5, 0.6) is 0 Å². The van der Waals surface area contributed by atoms with Gasteiger partial charge in [0.15, 0.2) is 0 Å². The van der Waals surface area contributed by atoms with E-state index in [0.29, 0.717) is 25.7 Å². The average molecular weight is 391 g/mol. The molecular formula is C15H20F3N5O2S. The number of nitrogens with zero attached hydrogens (tertiary/aromatic N) is 3. The molecule has 0 unspecified atom stereocenters. The first kappa shape index (κ1) is 18.9. The maximum absolute atomic E-state index is 12.3. The van der Waals surface area contributed by atoms with Crippen LogP contribution in [0.3, 0.4) is 0 Å². The van der Waals surface area contributed by atoms with Gasteiger partial charge in [-0.1, -0.05) is 0 Å². The van der Waals surface area contributed by atoms with E-state index in [9.17, 15) is 21.6 Å². The zero-order valence-corrected chi connectivity index (χ0v) is 14.9. The Morgan fingerprint density at radius 2 is 1.96 bits per heavy atom. The lowest BCUT2D eigenvalue weighted by molar-refractivity contribution is -0.121. The zero-order chi connectivity index (χ0) is 18.9. The normalized spacial score (nSPS) is 21.8. The van der Waals surface area contributed by atoms with Gasteiger partial charge in [0.1, 0.15) is 24.3 Å². The Bertz CT molecular complexity index is 860. The molecule has 3 rings (SSSR count). The van der Waals surface area contributed by atoms with E-state index >= 15 is 0 Å². The van der Waals surface area contributed by atoms with Crippen molar-refractivity contribution in [1.82, 2.24) is 19.7 Å². The summed E-state index contributed by atoms with van der Waals surface area (Å²) in [4.78, 5) is 13.5. The number of rotatable bonds is 5. The molecule has 1 aliphatic carbocycles. The van der Waals surface area contributed by atoms with Crippen LogP contribution < -0.4 is 9.62 Å². The van der Waals surface area contributed by atoms with Crippen molar-refractivity contribution in [3.05, 3.63) is 18.6 Å². The van der Waals surface area contributed by atoms with Crippen LogP contribution in [0.25, 0.3) is 11.0 Å². The van der Waals surface area contributed by atoms with E-state index in [4.69, 9.17) is 0 Å². The Labute approximate surface area is 149 Å². The smallest absolute Gasteiger partial charge is 0.356 e. The summed E-state index contributed by atoms with van der Waals surface area (Å²) in [5.41, 5.74) is 0.717. The first-order valence-corrected chi connectivity index (χ1v) is 9.78. The molecule has 1 fully saturated rings. The molecule has 0 amide bonds. The Morgan fingerprint density at radius 3 is 2.62 bits per heavy atom. The summed E-state index contributed by atoms with van der Waals surface area (Å²) in [5.74, 6) is 0.748. The van der Waals surface area contributed by atoms with Gasteiger partial charge in [-0.3, -0.25) is 0 Å². The Kier molecular flexibility index (Phi) is 5.11. The maximum Gasteiger partial charge on any atom is 0.402 e. The van der Waals surface area contributed by atoms with E-state index in [2.05, 4.69) is 15.0 Å². The number of aromatic amines is 1. The van der Waals surface area contributed by atoms with Gasteiger partial charge in [0.05, 0.1) is 10.6 Å². The Morgan fingerprint density at radius 1 is 1.27 bits per heavy atom. The molecule has 1 saturated carbocycles. The molecule has 2 N–H and O–H groups in total. The van der Waals surface area contributed by atoms with E-state index in [1.165, 1.54) is 6.33 Å². The first-order valence-electron chi connectivity index (χ1n) is 8.23. The third kappa shape index (κ3) is 4.09. The van der Waals surface area contributed by atoms with Crippen molar-refractivity contribution in [2.24, 2.45) is 0 Å². The Balaban J connectivity index is 1.64. The Hall–Kier alpha value is -1.88. The topological polar surface area (TPSA) is 91.0 Å². The molecule has 26 heavy (non-hydrogen) atoms. The minimum Gasteiger partial charge on any atom is -0.356 e. The summed E-state index contributed by atoms with van der Waals surface area (Å²) in [5, 5.41) is 0.0729. The quantitative estimate of drug-likeness (QED) is 0.815. The van der Waals surface area contributed by atoms with E-state index < -0.39 is 28.0 Å². The number of anilines is 1. The van der Waals surface area contributed by atoms with E-state index in [1.807, 2.05) is 18.0 Å². The van der Waals surface area contributed by atoms with Crippen molar-refractivity contribution in [2.45, 2.75) is 43.2 Å². The number of aromatic nitrogens is 3. The molecule has 0 aliphatic heterocycles. The van der Waals surface area contributed by atoms with Crippen molar-refractivity contribution < 1.29 is 21.6 Å². The van der Waals surface area contributed by atoms with Crippen molar-refractivity contribution >= 4 is 26.9 Å². The molecule has 2 aromatic heterocycles. The molecule has 0 saturated heterocycles. The van der Waals surface area contributed by atoms with Gasteiger partial charge in [0.25, 0.3) is 0 Å². The van der Waals surface area contributed by atoms with Crippen LogP contribution in [-0.4, -0.2) is 54.4 Å². The highest BCUT2D eigenvalue weighted by Crippen LogP contribution is 2.31. The predicted molar refractivity (Wildman–Crippen MR) is 91.3 cm³/mol. The fraction of sp³-hybridized carbons (Fsp3) is 0.600. The van der Waals surface area contributed by atoms with Crippen LogP contribution in [0, 0.1) is 0 Å². The standard InChI is InChI=1S/C15H20F3N5O2S/c1-23(14-12-6-7-19-13(12)20-9-21-14)10-2-4-11(5-3-10)26(24,25)22-8-15(16,17)18/h6-7,9-11,22H,2-5,8H2,1H3,(H,19,20,21). The van der Waals surface area contributed by atoms with E-state index in [1.54, 1.807) is 10.9 Å². The second-order valence-electron chi connectivity index (χ2n) is 6.46. The van der Waals surface area contributed by atoms with Crippen molar-refractivity contribution in [3.8, 4) is 0 Å². The minimum atomic E-state index is -4.56. The van der Waals surface area contributed by atoms with Gasteiger partial charge in [-0.05, 0) is 31.7 Å². The van der Waals surface area contributed by atoms with Crippen LogP contribution in [0.2, 0.25) is 0 Å². The number of halogens is 3. The van der Waals surface area contributed by atoms with Crippen molar-refractivity contribution in [1.29, 1.82) is 0 Å². The van der Waals surface area contributed by atoms with Crippen LogP contribution in [0.4, 0.5) is 19.0 Å². The zero-order valence-electron chi connectivity index (χ0n) is 14.1.